The monoisotopic (exact) mass is 477 g/mol. The molecule has 0 aliphatic heterocycles. The van der Waals surface area contributed by atoms with Gasteiger partial charge in [-0.1, -0.05) is 13.8 Å². The number of sulfonamides is 1. The Balaban J connectivity index is 1.58. The zero-order valence-corrected chi connectivity index (χ0v) is 20.4. The van der Waals surface area contributed by atoms with Crippen LogP contribution in [0.2, 0.25) is 0 Å². The lowest BCUT2D eigenvalue weighted by Crippen LogP contribution is -2.49. The van der Waals surface area contributed by atoms with Gasteiger partial charge < -0.3 is 15.4 Å². The van der Waals surface area contributed by atoms with E-state index in [9.17, 15) is 13.2 Å². The van der Waals surface area contributed by atoms with Crippen LogP contribution in [0.25, 0.3) is 16.7 Å². The number of rotatable bonds is 11. The number of fused-ring (bicyclic) bond motifs is 3. The van der Waals surface area contributed by atoms with E-state index in [0.717, 1.165) is 29.5 Å². The van der Waals surface area contributed by atoms with E-state index in [0.29, 0.717) is 36.7 Å². The summed E-state index contributed by atoms with van der Waals surface area (Å²) in [7, 11) is -1.86. The molecule has 0 aliphatic rings. The van der Waals surface area contributed by atoms with E-state index in [4.69, 9.17) is 9.72 Å². The van der Waals surface area contributed by atoms with E-state index in [-0.39, 0.29) is 11.8 Å². The zero-order valence-electron chi connectivity index (χ0n) is 19.5. The number of anilines is 1. The molecule has 0 radical (unpaired) electrons. The van der Waals surface area contributed by atoms with Gasteiger partial charge in [-0.15, -0.1) is 10.2 Å². The van der Waals surface area contributed by atoms with Gasteiger partial charge in [0.15, 0.2) is 5.82 Å². The molecule has 3 rings (SSSR count). The molecule has 1 amide bonds. The molecule has 180 valence electrons. The molecule has 0 saturated carbocycles. The Morgan fingerprint density at radius 3 is 2.58 bits per heavy atom. The fraction of sp³-hybridized carbons (Fsp3) is 0.524. The number of amides is 1. The Labute approximate surface area is 193 Å². The molecule has 0 spiro atoms. The number of carbonyl (C=O) groups excluding carboxylic acids is 1. The highest BCUT2D eigenvalue weighted by Crippen LogP contribution is 2.25. The topological polar surface area (TPSA) is 140 Å². The van der Waals surface area contributed by atoms with E-state index in [1.54, 1.807) is 21.0 Å². The number of hydrogen-bond acceptors (Lipinski definition) is 8. The summed E-state index contributed by atoms with van der Waals surface area (Å²) in [5, 5.41) is 14.6. The molecule has 0 saturated heterocycles. The number of unbranched alkanes of at least 4 members (excludes halogenated alkanes) is 1. The minimum Gasteiger partial charge on any atom is -0.497 e. The van der Waals surface area contributed by atoms with Crippen LogP contribution in [-0.2, 0) is 14.8 Å². The first kappa shape index (κ1) is 24.6. The van der Waals surface area contributed by atoms with E-state index >= 15 is 0 Å². The Morgan fingerprint density at radius 1 is 1.18 bits per heavy atom. The summed E-state index contributed by atoms with van der Waals surface area (Å²) in [6.45, 7) is 6.54. The van der Waals surface area contributed by atoms with Crippen LogP contribution in [-0.4, -0.2) is 66.4 Å². The number of methoxy groups -OCH3 is 1. The van der Waals surface area contributed by atoms with E-state index in [1.165, 1.54) is 0 Å². The SMILES string of the molecule is COc1ccc2c(c1)nc(NCCCCNC(=O)C(NS(C)(=O)=O)C(C)C)c1nnc(C)n12. The first-order valence-electron chi connectivity index (χ1n) is 10.8. The number of nitrogens with one attached hydrogen (secondary N) is 3. The number of carbonyl (C=O) groups is 1. The fourth-order valence-electron chi connectivity index (χ4n) is 3.50. The molecule has 2 heterocycles. The molecule has 2 aromatic heterocycles. The summed E-state index contributed by atoms with van der Waals surface area (Å²) in [5.41, 5.74) is 2.30. The average Bonchev–Trinajstić information content (AvgIpc) is 3.15. The van der Waals surface area contributed by atoms with Gasteiger partial charge in [0.25, 0.3) is 0 Å². The molecule has 1 unspecified atom stereocenters. The second-order valence-electron chi connectivity index (χ2n) is 8.26. The zero-order chi connectivity index (χ0) is 24.2. The molecule has 33 heavy (non-hydrogen) atoms. The van der Waals surface area contributed by atoms with Crippen LogP contribution in [0, 0.1) is 12.8 Å². The predicted molar refractivity (Wildman–Crippen MR) is 127 cm³/mol. The average molecular weight is 478 g/mol. The van der Waals surface area contributed by atoms with Crippen molar-refractivity contribution in [2.24, 2.45) is 5.92 Å². The number of ether oxygens (including phenoxy) is 1. The third-order valence-electron chi connectivity index (χ3n) is 5.18. The van der Waals surface area contributed by atoms with Crippen LogP contribution in [0.1, 0.15) is 32.5 Å². The van der Waals surface area contributed by atoms with Crippen molar-refractivity contribution in [1.82, 2.24) is 29.6 Å². The summed E-state index contributed by atoms with van der Waals surface area (Å²) in [6.07, 6.45) is 2.53. The van der Waals surface area contributed by atoms with Crippen LogP contribution in [0.5, 0.6) is 5.75 Å². The Morgan fingerprint density at radius 2 is 1.91 bits per heavy atom. The minimum absolute atomic E-state index is 0.159. The molecule has 1 aromatic carbocycles. The Bertz CT molecular complexity index is 1240. The van der Waals surface area contributed by atoms with Gasteiger partial charge in [-0.3, -0.25) is 9.20 Å². The molecule has 0 fully saturated rings. The molecule has 12 heteroatoms. The lowest BCUT2D eigenvalue weighted by molar-refractivity contribution is -0.123. The van der Waals surface area contributed by atoms with Crippen molar-refractivity contribution in [3.8, 4) is 5.75 Å². The maximum atomic E-state index is 12.4. The van der Waals surface area contributed by atoms with E-state index in [2.05, 4.69) is 25.6 Å². The maximum Gasteiger partial charge on any atom is 0.238 e. The summed E-state index contributed by atoms with van der Waals surface area (Å²) in [6, 6.07) is 4.88. The number of aromatic nitrogens is 4. The lowest BCUT2D eigenvalue weighted by Gasteiger charge is -2.20. The quantitative estimate of drug-likeness (QED) is 0.353. The van der Waals surface area contributed by atoms with Gasteiger partial charge in [-0.2, -0.15) is 0 Å². The number of aryl methyl sites for hydroxylation is 1. The van der Waals surface area contributed by atoms with Crippen molar-refractivity contribution >= 4 is 38.4 Å². The summed E-state index contributed by atoms with van der Waals surface area (Å²) >= 11 is 0. The lowest BCUT2D eigenvalue weighted by atomic mass is 10.1. The normalized spacial score (nSPS) is 12.9. The smallest absolute Gasteiger partial charge is 0.238 e. The van der Waals surface area contributed by atoms with Crippen LogP contribution in [0.4, 0.5) is 5.82 Å². The standard InChI is InChI=1S/C21H31N7O4S/c1-13(2)18(27-33(5,30)31)21(29)23-11-7-6-10-22-19-20-26-25-14(3)28(20)17-9-8-15(32-4)12-16(17)24-19/h8-9,12-13,18,27H,6-7,10-11H2,1-5H3,(H,22,24)(H,23,29). The highest BCUT2D eigenvalue weighted by molar-refractivity contribution is 7.88. The van der Waals surface area contributed by atoms with Crippen LogP contribution in [0.3, 0.4) is 0 Å². The van der Waals surface area contributed by atoms with Crippen LogP contribution in [0.15, 0.2) is 18.2 Å². The number of hydrogen-bond donors (Lipinski definition) is 3. The molecule has 11 nitrogen and oxygen atoms in total. The summed E-state index contributed by atoms with van der Waals surface area (Å²) < 4.78 is 32.6. The third-order valence-corrected chi connectivity index (χ3v) is 5.86. The second-order valence-corrected chi connectivity index (χ2v) is 10.0. The molecular weight excluding hydrogens is 446 g/mol. The van der Waals surface area contributed by atoms with Crippen molar-refractivity contribution < 1.29 is 17.9 Å². The number of nitrogens with zero attached hydrogens (tertiary/aromatic N) is 4. The van der Waals surface area contributed by atoms with Gasteiger partial charge in [0.1, 0.15) is 17.6 Å². The van der Waals surface area contributed by atoms with Crippen LogP contribution < -0.4 is 20.1 Å². The molecule has 0 aliphatic carbocycles. The number of benzene rings is 1. The van der Waals surface area contributed by atoms with Gasteiger partial charge in [-0.25, -0.2) is 18.1 Å². The van der Waals surface area contributed by atoms with Gasteiger partial charge >= 0.3 is 0 Å². The molecular formula is C21H31N7O4S. The summed E-state index contributed by atoms with van der Waals surface area (Å²) in [4.78, 5) is 17.0. The van der Waals surface area contributed by atoms with E-state index < -0.39 is 16.1 Å². The maximum absolute atomic E-state index is 12.4. The van der Waals surface area contributed by atoms with Crippen molar-refractivity contribution in [2.45, 2.75) is 39.7 Å². The van der Waals surface area contributed by atoms with Crippen molar-refractivity contribution in [1.29, 1.82) is 0 Å². The predicted octanol–water partition coefficient (Wildman–Crippen LogP) is 1.48. The molecule has 1 atom stereocenters. The van der Waals surface area contributed by atoms with Crippen LogP contribution >= 0.6 is 0 Å². The van der Waals surface area contributed by atoms with Crippen molar-refractivity contribution in [3.63, 3.8) is 0 Å². The highest BCUT2D eigenvalue weighted by atomic mass is 32.2. The Kier molecular flexibility index (Phi) is 7.69. The van der Waals surface area contributed by atoms with Gasteiger partial charge in [0, 0.05) is 19.2 Å². The van der Waals surface area contributed by atoms with Gasteiger partial charge in [-0.05, 0) is 37.8 Å². The van der Waals surface area contributed by atoms with Gasteiger partial charge in [0.2, 0.25) is 21.6 Å². The largest absolute Gasteiger partial charge is 0.497 e. The fourth-order valence-corrected chi connectivity index (χ4v) is 4.34. The van der Waals surface area contributed by atoms with Crippen molar-refractivity contribution in [2.75, 3.05) is 31.8 Å². The minimum atomic E-state index is -3.47. The van der Waals surface area contributed by atoms with Gasteiger partial charge in [0.05, 0.1) is 24.4 Å². The summed E-state index contributed by atoms with van der Waals surface area (Å²) in [5.74, 6) is 1.61. The molecule has 3 aromatic rings. The molecule has 0 bridgehead atoms. The Hall–Kier alpha value is -2.99. The molecule has 3 N–H and O–H groups in total. The first-order valence-corrected chi connectivity index (χ1v) is 12.7. The first-order chi connectivity index (χ1) is 15.6. The van der Waals surface area contributed by atoms with E-state index in [1.807, 2.05) is 29.5 Å². The third kappa shape index (κ3) is 6.08. The highest BCUT2D eigenvalue weighted by Gasteiger charge is 2.24. The van der Waals surface area contributed by atoms with Crippen molar-refractivity contribution in [3.05, 3.63) is 24.0 Å². The second kappa shape index (κ2) is 10.3.